The van der Waals surface area contributed by atoms with Gasteiger partial charge < -0.3 is 14.2 Å². The minimum Gasteiger partial charge on any atom is -0.462 e. The van der Waals surface area contributed by atoms with Crippen molar-refractivity contribution in [1.82, 2.24) is 0 Å². The molecular formula is C59H114O6. The van der Waals surface area contributed by atoms with Gasteiger partial charge in [-0.2, -0.15) is 0 Å². The van der Waals surface area contributed by atoms with Gasteiger partial charge in [-0.05, 0) is 31.1 Å². The highest BCUT2D eigenvalue weighted by atomic mass is 16.6. The fourth-order valence-electron chi connectivity index (χ4n) is 9.05. The Morgan fingerprint density at radius 2 is 0.508 bits per heavy atom. The van der Waals surface area contributed by atoms with E-state index in [9.17, 15) is 14.4 Å². The van der Waals surface area contributed by atoms with E-state index in [0.717, 1.165) is 69.6 Å². The summed E-state index contributed by atoms with van der Waals surface area (Å²) in [6.45, 7) is 11.4. The van der Waals surface area contributed by atoms with Crippen LogP contribution < -0.4 is 0 Å². The molecule has 386 valence electrons. The third-order valence-corrected chi connectivity index (χ3v) is 13.5. The Morgan fingerprint density at radius 1 is 0.292 bits per heavy atom. The van der Waals surface area contributed by atoms with Gasteiger partial charge in [0.25, 0.3) is 0 Å². The van der Waals surface area contributed by atoms with Crippen LogP contribution in [0, 0.1) is 11.8 Å². The highest BCUT2D eigenvalue weighted by Gasteiger charge is 2.19. The van der Waals surface area contributed by atoms with E-state index >= 15 is 0 Å². The maximum absolute atomic E-state index is 12.8. The second-order valence-corrected chi connectivity index (χ2v) is 21.2. The summed E-state index contributed by atoms with van der Waals surface area (Å²) >= 11 is 0. The second kappa shape index (κ2) is 51.8. The van der Waals surface area contributed by atoms with E-state index in [0.29, 0.717) is 19.3 Å². The molecule has 0 amide bonds. The van der Waals surface area contributed by atoms with Gasteiger partial charge in [-0.1, -0.05) is 291 Å². The molecule has 0 radical (unpaired) electrons. The van der Waals surface area contributed by atoms with E-state index in [2.05, 4.69) is 34.6 Å². The first-order valence-corrected chi connectivity index (χ1v) is 29.2. The summed E-state index contributed by atoms with van der Waals surface area (Å²) in [7, 11) is 0. The average molecular weight is 920 g/mol. The number of rotatable bonds is 53. The average Bonchev–Trinajstić information content (AvgIpc) is 3.28. The van der Waals surface area contributed by atoms with Crippen molar-refractivity contribution in [3.63, 3.8) is 0 Å². The molecule has 0 aliphatic carbocycles. The molecule has 0 unspecified atom stereocenters. The fraction of sp³-hybridized carbons (Fsp3) is 0.949. The van der Waals surface area contributed by atoms with Gasteiger partial charge >= 0.3 is 17.9 Å². The molecule has 0 saturated carbocycles. The van der Waals surface area contributed by atoms with Crippen LogP contribution in [0.4, 0.5) is 0 Å². The lowest BCUT2D eigenvalue weighted by molar-refractivity contribution is -0.167. The molecule has 0 aromatic carbocycles. The van der Waals surface area contributed by atoms with Crippen LogP contribution in [0.25, 0.3) is 0 Å². The molecular weight excluding hydrogens is 805 g/mol. The zero-order valence-electron chi connectivity index (χ0n) is 44.6. The summed E-state index contributed by atoms with van der Waals surface area (Å²) in [5, 5.41) is 0. The van der Waals surface area contributed by atoms with Gasteiger partial charge in [-0.25, -0.2) is 0 Å². The van der Waals surface area contributed by atoms with Crippen molar-refractivity contribution in [1.29, 1.82) is 0 Å². The van der Waals surface area contributed by atoms with Gasteiger partial charge in [0.2, 0.25) is 0 Å². The smallest absolute Gasteiger partial charge is 0.306 e. The Balaban J connectivity index is 4.22. The van der Waals surface area contributed by atoms with Crippen molar-refractivity contribution >= 4 is 17.9 Å². The number of unbranched alkanes of at least 4 members (excludes halogenated alkanes) is 38. The fourth-order valence-corrected chi connectivity index (χ4v) is 9.05. The van der Waals surface area contributed by atoms with Crippen molar-refractivity contribution in [2.45, 2.75) is 336 Å². The topological polar surface area (TPSA) is 78.9 Å². The summed E-state index contributed by atoms with van der Waals surface area (Å²) in [5.74, 6) is 0.858. The SMILES string of the molecule is CCCCCCCCCCCCC(=O)OC[C@@H](COC(=O)CCCCCCCCCCCCCCCC(C)C)OC(=O)CCCCCCCCCCCCCCCCCCCCC(C)C. The lowest BCUT2D eigenvalue weighted by atomic mass is 10.0. The van der Waals surface area contributed by atoms with Crippen molar-refractivity contribution < 1.29 is 28.6 Å². The normalized spacial score (nSPS) is 12.0. The number of hydrogen-bond acceptors (Lipinski definition) is 6. The Bertz CT molecular complexity index is 993. The lowest BCUT2D eigenvalue weighted by Crippen LogP contribution is -2.30. The molecule has 6 nitrogen and oxygen atoms in total. The maximum atomic E-state index is 12.8. The highest BCUT2D eigenvalue weighted by Crippen LogP contribution is 2.18. The van der Waals surface area contributed by atoms with E-state index in [1.807, 2.05) is 0 Å². The number of hydrogen-bond donors (Lipinski definition) is 0. The summed E-state index contributed by atoms with van der Waals surface area (Å²) < 4.78 is 16.9. The zero-order chi connectivity index (χ0) is 47.5. The van der Waals surface area contributed by atoms with Gasteiger partial charge in [0.1, 0.15) is 13.2 Å². The van der Waals surface area contributed by atoms with Crippen molar-refractivity contribution in [2.75, 3.05) is 13.2 Å². The minimum absolute atomic E-state index is 0.0627. The van der Waals surface area contributed by atoms with Gasteiger partial charge in [0.05, 0.1) is 0 Å². The molecule has 0 aromatic heterocycles. The first kappa shape index (κ1) is 63.4. The number of carbonyl (C=O) groups excluding carboxylic acids is 3. The van der Waals surface area contributed by atoms with Crippen molar-refractivity contribution in [3.05, 3.63) is 0 Å². The van der Waals surface area contributed by atoms with Gasteiger partial charge in [0.15, 0.2) is 6.10 Å². The van der Waals surface area contributed by atoms with Gasteiger partial charge in [-0.3, -0.25) is 14.4 Å². The third-order valence-electron chi connectivity index (χ3n) is 13.5. The first-order chi connectivity index (χ1) is 31.7. The standard InChI is InChI=1S/C59H114O6/c1-6-7-8-9-10-11-29-34-39-44-49-57(60)63-52-56(53-64-58(61)50-45-40-35-30-25-22-18-20-24-28-33-38-43-48-55(4)5)65-59(62)51-46-41-36-31-26-21-17-15-13-12-14-16-19-23-27-32-37-42-47-54(2)3/h54-56H,6-53H2,1-5H3/t56-/m0/s1. The molecule has 0 rings (SSSR count). The predicted molar refractivity (Wildman–Crippen MR) is 280 cm³/mol. The zero-order valence-corrected chi connectivity index (χ0v) is 44.6. The van der Waals surface area contributed by atoms with E-state index in [1.165, 1.54) is 218 Å². The van der Waals surface area contributed by atoms with Gasteiger partial charge in [0, 0.05) is 19.3 Å². The summed E-state index contributed by atoms with van der Waals surface area (Å²) in [4.78, 5) is 38.1. The summed E-state index contributed by atoms with van der Waals surface area (Å²) in [5.41, 5.74) is 0. The first-order valence-electron chi connectivity index (χ1n) is 29.2. The predicted octanol–water partition coefficient (Wildman–Crippen LogP) is 19.3. The summed E-state index contributed by atoms with van der Waals surface area (Å²) in [6.07, 6.45) is 55.3. The Labute approximate surface area is 406 Å². The Morgan fingerprint density at radius 3 is 0.754 bits per heavy atom. The molecule has 0 bridgehead atoms. The lowest BCUT2D eigenvalue weighted by Gasteiger charge is -2.18. The molecule has 0 saturated heterocycles. The molecule has 0 aliphatic heterocycles. The molecule has 65 heavy (non-hydrogen) atoms. The molecule has 0 aliphatic rings. The van der Waals surface area contributed by atoms with E-state index in [4.69, 9.17) is 14.2 Å². The minimum atomic E-state index is -0.762. The number of ether oxygens (including phenoxy) is 3. The molecule has 0 fully saturated rings. The molecule has 6 heteroatoms. The second-order valence-electron chi connectivity index (χ2n) is 21.2. The van der Waals surface area contributed by atoms with Crippen LogP contribution in [0.15, 0.2) is 0 Å². The maximum Gasteiger partial charge on any atom is 0.306 e. The number of esters is 3. The molecule has 0 aromatic rings. The number of carbonyl (C=O) groups is 3. The van der Waals surface area contributed by atoms with Crippen LogP contribution in [-0.4, -0.2) is 37.2 Å². The van der Waals surface area contributed by atoms with Crippen molar-refractivity contribution in [2.24, 2.45) is 11.8 Å². The van der Waals surface area contributed by atoms with Crippen LogP contribution in [0.3, 0.4) is 0 Å². The largest absolute Gasteiger partial charge is 0.462 e. The van der Waals surface area contributed by atoms with Crippen LogP contribution in [0.2, 0.25) is 0 Å². The molecule has 0 spiro atoms. The van der Waals surface area contributed by atoms with Gasteiger partial charge in [-0.15, -0.1) is 0 Å². The van der Waals surface area contributed by atoms with Crippen LogP contribution in [0.5, 0.6) is 0 Å². The Kier molecular flexibility index (Phi) is 50.5. The highest BCUT2D eigenvalue weighted by molar-refractivity contribution is 5.71. The Hall–Kier alpha value is -1.59. The molecule has 0 N–H and O–H groups in total. The molecule has 0 heterocycles. The van der Waals surface area contributed by atoms with Crippen LogP contribution in [-0.2, 0) is 28.6 Å². The van der Waals surface area contributed by atoms with Crippen molar-refractivity contribution in [3.8, 4) is 0 Å². The van der Waals surface area contributed by atoms with E-state index < -0.39 is 6.10 Å². The van der Waals surface area contributed by atoms with Crippen LogP contribution in [0.1, 0.15) is 330 Å². The quantitative estimate of drug-likeness (QED) is 0.0344. The monoisotopic (exact) mass is 919 g/mol. The van der Waals surface area contributed by atoms with E-state index in [-0.39, 0.29) is 31.1 Å². The van der Waals surface area contributed by atoms with E-state index in [1.54, 1.807) is 0 Å². The summed E-state index contributed by atoms with van der Waals surface area (Å²) in [6, 6.07) is 0. The van der Waals surface area contributed by atoms with Crippen LogP contribution >= 0.6 is 0 Å². The third kappa shape index (κ3) is 53.2. The molecule has 1 atom stereocenters.